The number of thioether (sulfide) groups is 1. The number of aliphatic carboxylic acids is 1. The maximum absolute atomic E-state index is 13.5. The first-order valence-corrected chi connectivity index (χ1v) is 26.3. The molecular weight excluding hydrogens is 1060 g/mol. The predicted molar refractivity (Wildman–Crippen MR) is 282 cm³/mol. The standard InChI is InChI=1S/C45H72N12O16S3/c1-21(2)12-27(51-37(64)25(46)13-23-6-8-24(60)9-7-23)39(66)55-32(20-75)44(71)52-28(14-33(47)61)40(67)53-29(17-58)41(68)54-30(18-59)42(69)56-31(19-74)43(70)50-26(10-11-76-5)38(65)49-15-34(62)48-16-35(63)57-36(22(3)4)45(72)73/h6-9,21-22,25-32,36,58-60,74-75H,10-20,46H2,1-5H3,(H2,47,61)(H,48,62)(H,49,65)(H,50,70)(H,51,64)(H,52,71)(H,53,67)(H,54,68)(H,55,66)(H,56,69)(H,57,63)(H,72,73)/t25-,26-,27-,28-,29-,30-,31-,32-,36-/m0/s1. The van der Waals surface area contributed by atoms with Gasteiger partial charge in [0.1, 0.15) is 54.1 Å². The van der Waals surface area contributed by atoms with Crippen molar-refractivity contribution in [2.45, 2.75) is 108 Å². The number of phenolic OH excluding ortho intramolecular Hbond substituents is 1. The van der Waals surface area contributed by atoms with Gasteiger partial charge in [0.15, 0.2) is 0 Å². The summed E-state index contributed by atoms with van der Waals surface area (Å²) in [5, 5.41) is 61.9. The molecule has 31 heteroatoms. The normalized spacial score (nSPS) is 14.6. The number of thiol groups is 2. The first-order valence-electron chi connectivity index (χ1n) is 23.6. The number of hydrogen-bond donors (Lipinski definition) is 18. The van der Waals surface area contributed by atoms with Crippen molar-refractivity contribution in [3.8, 4) is 5.75 Å². The zero-order chi connectivity index (χ0) is 57.8. The van der Waals surface area contributed by atoms with Crippen molar-refractivity contribution in [3.05, 3.63) is 29.8 Å². The van der Waals surface area contributed by atoms with Crippen molar-refractivity contribution in [2.24, 2.45) is 23.3 Å². The molecule has 426 valence electrons. The number of aromatic hydroxyl groups is 1. The molecule has 0 aliphatic carbocycles. The van der Waals surface area contributed by atoms with Gasteiger partial charge in [0.2, 0.25) is 65.0 Å². The molecule has 0 aliphatic heterocycles. The Morgan fingerprint density at radius 2 is 1.01 bits per heavy atom. The van der Waals surface area contributed by atoms with Crippen LogP contribution in [0.15, 0.2) is 24.3 Å². The van der Waals surface area contributed by atoms with E-state index in [9.17, 15) is 78.0 Å². The fraction of sp³-hybridized carbons (Fsp3) is 0.600. The van der Waals surface area contributed by atoms with Crippen molar-refractivity contribution in [3.63, 3.8) is 0 Å². The predicted octanol–water partition coefficient (Wildman–Crippen LogP) is -6.37. The van der Waals surface area contributed by atoms with Crippen molar-refractivity contribution < 1.29 is 78.0 Å². The van der Waals surface area contributed by atoms with Crippen LogP contribution in [0.2, 0.25) is 0 Å². The lowest BCUT2D eigenvalue weighted by molar-refractivity contribution is -0.143. The van der Waals surface area contributed by atoms with Gasteiger partial charge in [-0.2, -0.15) is 37.0 Å². The van der Waals surface area contributed by atoms with E-state index in [4.69, 9.17) is 11.5 Å². The molecule has 0 saturated carbocycles. The molecule has 28 nitrogen and oxygen atoms in total. The van der Waals surface area contributed by atoms with Gasteiger partial charge >= 0.3 is 5.97 Å². The summed E-state index contributed by atoms with van der Waals surface area (Å²) in [6.07, 6.45) is 1.04. The van der Waals surface area contributed by atoms with Crippen LogP contribution in [-0.2, 0) is 64.0 Å². The van der Waals surface area contributed by atoms with E-state index in [1.54, 1.807) is 46.1 Å². The van der Waals surface area contributed by atoms with Crippen LogP contribution < -0.4 is 64.6 Å². The fourth-order valence-electron chi connectivity index (χ4n) is 6.56. The van der Waals surface area contributed by atoms with E-state index in [0.717, 1.165) is 0 Å². The first kappa shape index (κ1) is 67.6. The van der Waals surface area contributed by atoms with Crippen LogP contribution in [0.5, 0.6) is 5.75 Å². The number of carbonyl (C=O) groups excluding carboxylic acids is 11. The lowest BCUT2D eigenvalue weighted by Gasteiger charge is -2.27. The van der Waals surface area contributed by atoms with E-state index < -0.39 is 170 Å². The number of carbonyl (C=O) groups is 12. The number of benzene rings is 1. The molecule has 11 amide bonds. The van der Waals surface area contributed by atoms with Crippen LogP contribution in [0.3, 0.4) is 0 Å². The average Bonchev–Trinajstić information content (AvgIpc) is 3.36. The van der Waals surface area contributed by atoms with Gasteiger partial charge in [-0.1, -0.05) is 39.8 Å². The highest BCUT2D eigenvalue weighted by Gasteiger charge is 2.35. The van der Waals surface area contributed by atoms with Gasteiger partial charge in [-0.15, -0.1) is 0 Å². The Balaban J connectivity index is 3.01. The lowest BCUT2D eigenvalue weighted by atomic mass is 10.0. The fourth-order valence-corrected chi connectivity index (χ4v) is 7.54. The number of nitrogens with two attached hydrogens (primary N) is 2. The lowest BCUT2D eigenvalue weighted by Crippen LogP contribution is -2.62. The van der Waals surface area contributed by atoms with Gasteiger partial charge in [0, 0.05) is 11.5 Å². The van der Waals surface area contributed by atoms with E-state index in [0.29, 0.717) is 11.3 Å². The zero-order valence-electron chi connectivity index (χ0n) is 42.6. The van der Waals surface area contributed by atoms with Crippen LogP contribution in [0.25, 0.3) is 0 Å². The highest BCUT2D eigenvalue weighted by molar-refractivity contribution is 7.98. The molecule has 0 saturated heterocycles. The topological polar surface area (TPSA) is 458 Å². The molecule has 1 aromatic rings. The minimum absolute atomic E-state index is 0.0101. The molecule has 0 aliphatic rings. The Morgan fingerprint density at radius 1 is 0.579 bits per heavy atom. The quantitative estimate of drug-likeness (QED) is 0.0281. The van der Waals surface area contributed by atoms with Gasteiger partial charge in [0.25, 0.3) is 0 Å². The van der Waals surface area contributed by atoms with E-state index >= 15 is 0 Å². The van der Waals surface area contributed by atoms with Crippen LogP contribution in [-0.4, -0.2) is 196 Å². The largest absolute Gasteiger partial charge is 0.508 e. The number of amides is 11. The summed E-state index contributed by atoms with van der Waals surface area (Å²) in [5.74, 6) is -13.1. The Bertz CT molecular complexity index is 2180. The van der Waals surface area contributed by atoms with Gasteiger partial charge in [-0.3, -0.25) is 52.7 Å². The van der Waals surface area contributed by atoms with Crippen LogP contribution >= 0.6 is 37.0 Å². The molecule has 0 spiro atoms. The van der Waals surface area contributed by atoms with Crippen LogP contribution in [0.4, 0.5) is 0 Å². The number of primary amides is 1. The first-order chi connectivity index (χ1) is 35.7. The third-order valence-electron chi connectivity index (χ3n) is 10.7. The Hall–Kier alpha value is -6.41. The van der Waals surface area contributed by atoms with Crippen molar-refractivity contribution in [1.82, 2.24) is 53.2 Å². The number of hydrogen-bond acceptors (Lipinski definition) is 19. The summed E-state index contributed by atoms with van der Waals surface area (Å²) in [4.78, 5) is 154. The molecule has 0 bridgehead atoms. The molecule has 1 rings (SSSR count). The number of aliphatic hydroxyl groups is 2. The number of nitrogens with one attached hydrogen (secondary N) is 10. The molecule has 9 atom stereocenters. The number of phenols is 1. The van der Waals surface area contributed by atoms with Crippen molar-refractivity contribution in [2.75, 3.05) is 49.8 Å². The Morgan fingerprint density at radius 3 is 1.46 bits per heavy atom. The van der Waals surface area contributed by atoms with Crippen LogP contribution in [0, 0.1) is 11.8 Å². The van der Waals surface area contributed by atoms with E-state index in [1.807, 2.05) is 0 Å². The van der Waals surface area contributed by atoms with Crippen molar-refractivity contribution in [1.29, 1.82) is 0 Å². The summed E-state index contributed by atoms with van der Waals surface area (Å²) in [5.41, 5.74) is 12.1. The van der Waals surface area contributed by atoms with Gasteiger partial charge in [-0.25, -0.2) is 4.79 Å². The molecule has 1 aromatic carbocycles. The average molecular weight is 1130 g/mol. The summed E-state index contributed by atoms with van der Waals surface area (Å²) >= 11 is 9.54. The van der Waals surface area contributed by atoms with Crippen LogP contribution in [0.1, 0.15) is 52.5 Å². The van der Waals surface area contributed by atoms with E-state index in [1.165, 1.54) is 23.9 Å². The van der Waals surface area contributed by atoms with Crippen molar-refractivity contribution >= 4 is 108 Å². The maximum Gasteiger partial charge on any atom is 0.326 e. The van der Waals surface area contributed by atoms with E-state index in [2.05, 4.69) is 78.4 Å². The summed E-state index contributed by atoms with van der Waals surface area (Å²) < 4.78 is 0. The number of aliphatic hydroxyl groups excluding tert-OH is 2. The second-order valence-corrected chi connectivity index (χ2v) is 19.6. The second-order valence-electron chi connectivity index (χ2n) is 17.8. The smallest absolute Gasteiger partial charge is 0.326 e. The summed E-state index contributed by atoms with van der Waals surface area (Å²) in [6, 6.07) is -7.39. The minimum Gasteiger partial charge on any atom is -0.508 e. The second kappa shape index (κ2) is 35.0. The summed E-state index contributed by atoms with van der Waals surface area (Å²) in [7, 11) is 0. The number of rotatable bonds is 35. The Kier molecular flexibility index (Phi) is 31.2. The molecule has 0 heterocycles. The number of carboxylic acid groups (broad SMARTS) is 1. The summed E-state index contributed by atoms with van der Waals surface area (Å²) in [6.45, 7) is 3.20. The van der Waals surface area contributed by atoms with E-state index in [-0.39, 0.29) is 36.7 Å². The van der Waals surface area contributed by atoms with Gasteiger partial charge < -0.3 is 85.1 Å². The zero-order valence-corrected chi connectivity index (χ0v) is 45.2. The Labute approximate surface area is 453 Å². The third kappa shape index (κ3) is 25.0. The minimum atomic E-state index is -1.91. The molecule has 0 fully saturated rings. The molecular formula is C45H72N12O16S3. The maximum atomic E-state index is 13.5. The highest BCUT2D eigenvalue weighted by atomic mass is 32.2. The molecule has 76 heavy (non-hydrogen) atoms. The number of carboxylic acids is 1. The molecule has 0 unspecified atom stereocenters. The SMILES string of the molecule is CSCC[C@H](NC(=O)[C@H](CS)NC(=O)[C@H](CO)NC(=O)[C@H](CO)NC(=O)[C@H](CC(N)=O)NC(=O)[C@H](CS)NC(=O)[C@H](CC(C)C)NC(=O)[C@@H](N)Cc1ccc(O)cc1)C(=O)NCC(=O)NCC(=O)N[C@H](C(=O)O)C(C)C. The van der Waals surface area contributed by atoms with Gasteiger partial charge in [0.05, 0.1) is 38.8 Å². The third-order valence-corrected chi connectivity index (χ3v) is 12.1. The molecule has 0 aromatic heterocycles. The monoisotopic (exact) mass is 1130 g/mol. The molecule has 0 radical (unpaired) electrons. The highest BCUT2D eigenvalue weighted by Crippen LogP contribution is 2.12. The molecule has 18 N–H and O–H groups in total. The van der Waals surface area contributed by atoms with Gasteiger partial charge in [-0.05, 0) is 60.8 Å².